The Morgan fingerprint density at radius 1 is 1.29 bits per heavy atom. The van der Waals surface area contributed by atoms with E-state index in [4.69, 9.17) is 5.11 Å². The van der Waals surface area contributed by atoms with Crippen LogP contribution in [0.3, 0.4) is 0 Å². The number of rotatable bonds is 4. The summed E-state index contributed by atoms with van der Waals surface area (Å²) in [6.45, 7) is 0. The number of hydrogen-bond acceptors (Lipinski definition) is 1. The van der Waals surface area contributed by atoms with Crippen molar-refractivity contribution in [3.05, 3.63) is 34.9 Å². The number of alkyl halides is 2. The largest absolute Gasteiger partial charge is 0.481 e. The third kappa shape index (κ3) is 3.02. The Hall–Kier alpha value is -1.45. The van der Waals surface area contributed by atoms with E-state index in [0.29, 0.717) is 5.56 Å². The van der Waals surface area contributed by atoms with Gasteiger partial charge in [0, 0.05) is 6.42 Å². The quantitative estimate of drug-likeness (QED) is 0.878. The Labute approximate surface area is 98.3 Å². The summed E-state index contributed by atoms with van der Waals surface area (Å²) in [4.78, 5) is 10.3. The smallest absolute Gasteiger partial charge is 0.309 e. The predicted octanol–water partition coefficient (Wildman–Crippen LogP) is 2.83. The second-order valence-corrected chi connectivity index (χ2v) is 4.56. The molecule has 0 bridgehead atoms. The van der Waals surface area contributed by atoms with Gasteiger partial charge in [-0.05, 0) is 36.0 Å². The molecule has 0 spiro atoms. The Bertz CT molecular complexity index is 441. The van der Waals surface area contributed by atoms with Crippen LogP contribution in [0.15, 0.2) is 18.2 Å². The van der Waals surface area contributed by atoms with Crippen LogP contribution in [0.25, 0.3) is 0 Å². The fourth-order valence-corrected chi connectivity index (χ4v) is 2.32. The van der Waals surface area contributed by atoms with Crippen molar-refractivity contribution in [1.29, 1.82) is 0 Å². The molecule has 17 heavy (non-hydrogen) atoms. The molecule has 1 aliphatic carbocycles. The Morgan fingerprint density at radius 3 is 2.71 bits per heavy atom. The minimum Gasteiger partial charge on any atom is -0.481 e. The van der Waals surface area contributed by atoms with Crippen molar-refractivity contribution in [3.63, 3.8) is 0 Å². The van der Waals surface area contributed by atoms with Crippen molar-refractivity contribution in [2.24, 2.45) is 0 Å². The summed E-state index contributed by atoms with van der Waals surface area (Å²) >= 11 is 0. The average molecular weight is 240 g/mol. The zero-order valence-corrected chi connectivity index (χ0v) is 9.38. The molecule has 1 N–H and O–H groups in total. The summed E-state index contributed by atoms with van der Waals surface area (Å²) in [7, 11) is 0. The van der Waals surface area contributed by atoms with Crippen molar-refractivity contribution in [2.45, 2.75) is 38.0 Å². The fourth-order valence-electron chi connectivity index (χ4n) is 2.32. The van der Waals surface area contributed by atoms with Crippen LogP contribution in [0.4, 0.5) is 8.78 Å². The van der Waals surface area contributed by atoms with E-state index in [9.17, 15) is 13.6 Å². The van der Waals surface area contributed by atoms with Gasteiger partial charge in [0.05, 0.1) is 0 Å². The highest BCUT2D eigenvalue weighted by atomic mass is 19.3. The van der Waals surface area contributed by atoms with E-state index < -0.39 is 24.7 Å². The van der Waals surface area contributed by atoms with Crippen LogP contribution in [0, 0.1) is 0 Å². The summed E-state index contributed by atoms with van der Waals surface area (Å²) in [5, 5.41) is 8.40. The number of carbonyl (C=O) groups is 1. The zero-order chi connectivity index (χ0) is 12.5. The van der Waals surface area contributed by atoms with E-state index in [-0.39, 0.29) is 0 Å². The molecule has 1 aliphatic rings. The Morgan fingerprint density at radius 2 is 2.00 bits per heavy atom. The minimum absolute atomic E-state index is 0.493. The molecule has 0 amide bonds. The van der Waals surface area contributed by atoms with Crippen molar-refractivity contribution in [3.8, 4) is 0 Å². The lowest BCUT2D eigenvalue weighted by Crippen LogP contribution is -2.23. The number of aryl methyl sites for hydroxylation is 2. The third-order valence-corrected chi connectivity index (χ3v) is 3.04. The molecule has 0 saturated carbocycles. The number of halogens is 2. The second kappa shape index (κ2) is 4.43. The maximum atomic E-state index is 13.3. The Balaban J connectivity index is 2.11. The molecule has 1 aromatic carbocycles. The van der Waals surface area contributed by atoms with Gasteiger partial charge in [0.1, 0.15) is 6.42 Å². The minimum atomic E-state index is -3.17. The lowest BCUT2D eigenvalue weighted by Gasteiger charge is -2.14. The van der Waals surface area contributed by atoms with Crippen LogP contribution in [0.1, 0.15) is 29.5 Å². The monoisotopic (exact) mass is 240 g/mol. The third-order valence-electron chi connectivity index (χ3n) is 3.04. The van der Waals surface area contributed by atoms with E-state index >= 15 is 0 Å². The molecule has 4 heteroatoms. The van der Waals surface area contributed by atoms with Gasteiger partial charge < -0.3 is 5.11 Å². The molecule has 1 aromatic rings. The van der Waals surface area contributed by atoms with Gasteiger partial charge in [-0.1, -0.05) is 18.2 Å². The molecule has 0 aliphatic heterocycles. The molecule has 0 radical (unpaired) electrons. The molecule has 0 heterocycles. The van der Waals surface area contributed by atoms with E-state index in [2.05, 4.69) is 0 Å². The molecule has 0 aromatic heterocycles. The van der Waals surface area contributed by atoms with Crippen molar-refractivity contribution >= 4 is 5.97 Å². The first kappa shape index (κ1) is 12.0. The van der Waals surface area contributed by atoms with Crippen LogP contribution in [-0.4, -0.2) is 17.0 Å². The van der Waals surface area contributed by atoms with Crippen molar-refractivity contribution in [1.82, 2.24) is 0 Å². The maximum absolute atomic E-state index is 13.3. The van der Waals surface area contributed by atoms with Crippen LogP contribution < -0.4 is 0 Å². The zero-order valence-electron chi connectivity index (χ0n) is 9.38. The van der Waals surface area contributed by atoms with Gasteiger partial charge >= 0.3 is 5.97 Å². The molecular formula is C13H14F2O2. The van der Waals surface area contributed by atoms with Gasteiger partial charge in [-0.2, -0.15) is 0 Å². The SMILES string of the molecule is O=C(O)CC(F)(F)Cc1ccc2c(c1)CCC2. The number of carboxylic acids is 1. The first-order chi connectivity index (χ1) is 7.96. The number of carboxylic acid groups (broad SMARTS) is 1. The van der Waals surface area contributed by atoms with Gasteiger partial charge in [0.15, 0.2) is 0 Å². The first-order valence-electron chi connectivity index (χ1n) is 5.67. The number of benzene rings is 1. The topological polar surface area (TPSA) is 37.3 Å². The molecule has 0 fully saturated rings. The highest BCUT2D eigenvalue weighted by molar-refractivity contribution is 5.67. The number of fused-ring (bicyclic) bond motifs is 1. The molecule has 92 valence electrons. The average Bonchev–Trinajstić information content (AvgIpc) is 2.61. The summed E-state index contributed by atoms with van der Waals surface area (Å²) in [6, 6.07) is 5.35. The molecule has 0 atom stereocenters. The van der Waals surface area contributed by atoms with Gasteiger partial charge in [0.2, 0.25) is 0 Å². The van der Waals surface area contributed by atoms with Crippen molar-refractivity contribution in [2.75, 3.05) is 0 Å². The lowest BCUT2D eigenvalue weighted by atomic mass is 10.0. The normalized spacial score (nSPS) is 14.7. The first-order valence-corrected chi connectivity index (χ1v) is 5.67. The maximum Gasteiger partial charge on any atom is 0.309 e. The number of aliphatic carboxylic acids is 1. The summed E-state index contributed by atoms with van der Waals surface area (Å²) < 4.78 is 26.7. The molecule has 0 unspecified atom stereocenters. The number of hydrogen-bond donors (Lipinski definition) is 1. The van der Waals surface area contributed by atoms with Crippen LogP contribution in [0.2, 0.25) is 0 Å². The summed E-state index contributed by atoms with van der Waals surface area (Å²) in [5.74, 6) is -4.63. The van der Waals surface area contributed by atoms with Crippen LogP contribution >= 0.6 is 0 Å². The molecule has 2 nitrogen and oxygen atoms in total. The second-order valence-electron chi connectivity index (χ2n) is 4.56. The highest BCUT2D eigenvalue weighted by Crippen LogP contribution is 2.28. The van der Waals surface area contributed by atoms with Gasteiger partial charge in [-0.3, -0.25) is 4.79 Å². The van der Waals surface area contributed by atoms with Gasteiger partial charge in [0.25, 0.3) is 5.92 Å². The van der Waals surface area contributed by atoms with E-state index in [1.807, 2.05) is 6.07 Å². The molecular weight excluding hydrogens is 226 g/mol. The fraction of sp³-hybridized carbons (Fsp3) is 0.462. The van der Waals surface area contributed by atoms with Gasteiger partial charge in [-0.15, -0.1) is 0 Å². The molecule has 2 rings (SSSR count). The summed E-state index contributed by atoms with van der Waals surface area (Å²) in [5.41, 5.74) is 2.89. The highest BCUT2D eigenvalue weighted by Gasteiger charge is 2.32. The van der Waals surface area contributed by atoms with E-state index in [0.717, 1.165) is 24.8 Å². The van der Waals surface area contributed by atoms with Gasteiger partial charge in [-0.25, -0.2) is 8.78 Å². The van der Waals surface area contributed by atoms with E-state index in [1.54, 1.807) is 12.1 Å². The van der Waals surface area contributed by atoms with E-state index in [1.165, 1.54) is 5.56 Å². The van der Waals surface area contributed by atoms with Crippen molar-refractivity contribution < 1.29 is 18.7 Å². The lowest BCUT2D eigenvalue weighted by molar-refractivity contribution is -0.144. The molecule has 0 saturated heterocycles. The standard InChI is InChI=1S/C13H14F2O2/c14-13(15,8-12(16)17)7-9-4-5-10-2-1-3-11(10)6-9/h4-6H,1-3,7-8H2,(H,16,17). The van der Waals surface area contributed by atoms with Crippen LogP contribution in [-0.2, 0) is 24.1 Å². The van der Waals surface area contributed by atoms with Crippen LogP contribution in [0.5, 0.6) is 0 Å². The predicted molar refractivity (Wildman–Crippen MR) is 59.4 cm³/mol. The Kier molecular flexibility index (Phi) is 3.13. The summed E-state index contributed by atoms with van der Waals surface area (Å²) in [6.07, 6.45) is 1.43.